The number of allylic oxidation sites excluding steroid dienone is 2. The number of benzene rings is 1. The van der Waals surface area contributed by atoms with Crippen molar-refractivity contribution >= 4 is 13.5 Å². The van der Waals surface area contributed by atoms with E-state index in [2.05, 4.69) is 4.76 Å². The molecule has 0 saturated heterocycles. The Balaban J connectivity index is 2.37. The van der Waals surface area contributed by atoms with Gasteiger partial charge < -0.3 is 25.1 Å². The van der Waals surface area contributed by atoms with Crippen molar-refractivity contribution < 1.29 is 29.7 Å². The van der Waals surface area contributed by atoms with Crippen LogP contribution in [0, 0.1) is 0 Å². The fraction of sp³-hybridized carbons (Fsp3) is 0.267. The zero-order chi connectivity index (χ0) is 17.2. The van der Waals surface area contributed by atoms with Crippen LogP contribution in [0.4, 0.5) is 0 Å². The van der Waals surface area contributed by atoms with Gasteiger partial charge in [-0.2, -0.15) is 4.76 Å². The summed E-state index contributed by atoms with van der Waals surface area (Å²) in [7, 11) is -4.66. The van der Waals surface area contributed by atoms with Crippen LogP contribution in [-0.2, 0) is 4.57 Å². The van der Waals surface area contributed by atoms with Gasteiger partial charge in [-0.1, -0.05) is 19.1 Å². The normalized spacial score (nSPS) is 19.9. The SMILES string of the molecule is CC(c1cccc(O)c1)C(O)C1=CC(O)=CCC1=NP(=O)(O)O. The van der Waals surface area contributed by atoms with E-state index >= 15 is 0 Å². The van der Waals surface area contributed by atoms with Crippen LogP contribution in [0.15, 0.2) is 52.5 Å². The lowest BCUT2D eigenvalue weighted by atomic mass is 9.86. The molecule has 2 rings (SSSR count). The first-order valence-corrected chi connectivity index (χ1v) is 8.46. The number of aliphatic hydroxyl groups excluding tert-OH is 2. The molecule has 0 amide bonds. The Morgan fingerprint density at radius 3 is 2.57 bits per heavy atom. The first-order chi connectivity index (χ1) is 10.7. The molecule has 23 heavy (non-hydrogen) atoms. The van der Waals surface area contributed by atoms with Gasteiger partial charge in [0.05, 0.1) is 11.8 Å². The van der Waals surface area contributed by atoms with Gasteiger partial charge in [-0.05, 0) is 29.8 Å². The second-order valence-corrected chi connectivity index (χ2v) is 6.55. The monoisotopic (exact) mass is 339 g/mol. The quantitative estimate of drug-likeness (QED) is 0.534. The summed E-state index contributed by atoms with van der Waals surface area (Å²) in [4.78, 5) is 18.1. The van der Waals surface area contributed by atoms with Crippen molar-refractivity contribution in [2.45, 2.75) is 25.4 Å². The first kappa shape index (κ1) is 17.4. The number of phenolic OH excluding ortho intramolecular Hbond substituents is 1. The molecule has 0 bridgehead atoms. The number of hydrogen-bond acceptors (Lipinski definition) is 4. The number of phenols is 1. The van der Waals surface area contributed by atoms with Crippen LogP contribution in [0.5, 0.6) is 5.75 Å². The Morgan fingerprint density at radius 1 is 1.26 bits per heavy atom. The molecule has 1 aromatic rings. The van der Waals surface area contributed by atoms with Gasteiger partial charge in [0.2, 0.25) is 0 Å². The van der Waals surface area contributed by atoms with E-state index in [0.717, 1.165) is 0 Å². The smallest absolute Gasteiger partial charge is 0.448 e. The van der Waals surface area contributed by atoms with Gasteiger partial charge in [-0.25, -0.2) is 4.57 Å². The average Bonchev–Trinajstić information content (AvgIpc) is 2.46. The molecule has 2 atom stereocenters. The minimum atomic E-state index is -4.66. The van der Waals surface area contributed by atoms with E-state index in [1.807, 2.05) is 0 Å². The molecule has 7 nitrogen and oxygen atoms in total. The van der Waals surface area contributed by atoms with Gasteiger partial charge in [0, 0.05) is 17.9 Å². The maximum Gasteiger partial charge on any atom is 0.448 e. The van der Waals surface area contributed by atoms with E-state index in [9.17, 15) is 19.9 Å². The number of aliphatic hydroxyl groups is 2. The molecule has 1 aliphatic rings. The standard InChI is InChI=1S/C15H18NO6P/c1-9(10-3-2-4-11(17)7-10)15(19)13-8-12(18)5-6-14(13)16-23(20,21)22/h2-5,7-9,15,17-19H,6H2,1H3,(H2,20,21,22). The molecule has 0 saturated carbocycles. The number of aromatic hydroxyl groups is 1. The van der Waals surface area contributed by atoms with Gasteiger partial charge in [0.1, 0.15) is 11.5 Å². The van der Waals surface area contributed by atoms with E-state index in [0.29, 0.717) is 5.56 Å². The van der Waals surface area contributed by atoms with Crippen LogP contribution in [0.1, 0.15) is 24.8 Å². The van der Waals surface area contributed by atoms with Gasteiger partial charge in [0.25, 0.3) is 0 Å². The largest absolute Gasteiger partial charge is 0.508 e. The lowest BCUT2D eigenvalue weighted by molar-refractivity contribution is 0.189. The van der Waals surface area contributed by atoms with Gasteiger partial charge >= 0.3 is 7.75 Å². The Bertz CT molecular complexity index is 733. The van der Waals surface area contributed by atoms with Crippen molar-refractivity contribution in [2.24, 2.45) is 4.76 Å². The maximum atomic E-state index is 11.1. The Hall–Kier alpha value is -1.92. The summed E-state index contributed by atoms with van der Waals surface area (Å²) >= 11 is 0. The molecule has 2 unspecified atom stereocenters. The van der Waals surface area contributed by atoms with Crippen molar-refractivity contribution in [3.63, 3.8) is 0 Å². The van der Waals surface area contributed by atoms with E-state index < -0.39 is 19.8 Å². The Labute approximate surface area is 133 Å². The zero-order valence-corrected chi connectivity index (χ0v) is 13.3. The van der Waals surface area contributed by atoms with Gasteiger partial charge in [-0.3, -0.25) is 0 Å². The van der Waals surface area contributed by atoms with Crippen molar-refractivity contribution in [3.8, 4) is 5.75 Å². The second-order valence-electron chi connectivity index (χ2n) is 5.32. The van der Waals surface area contributed by atoms with Crippen molar-refractivity contribution in [1.82, 2.24) is 0 Å². The summed E-state index contributed by atoms with van der Waals surface area (Å²) < 4.78 is 14.5. The number of hydrogen-bond donors (Lipinski definition) is 5. The van der Waals surface area contributed by atoms with Crippen LogP contribution in [0.3, 0.4) is 0 Å². The van der Waals surface area contributed by atoms with Crippen molar-refractivity contribution in [1.29, 1.82) is 0 Å². The molecule has 1 aromatic carbocycles. The molecule has 8 heteroatoms. The third-order valence-corrected chi connectivity index (χ3v) is 4.08. The summed E-state index contributed by atoms with van der Waals surface area (Å²) in [5.74, 6) is -0.543. The maximum absolute atomic E-state index is 11.1. The molecule has 124 valence electrons. The molecule has 0 heterocycles. The minimum Gasteiger partial charge on any atom is -0.508 e. The van der Waals surface area contributed by atoms with E-state index in [4.69, 9.17) is 9.79 Å². The predicted molar refractivity (Wildman–Crippen MR) is 85.4 cm³/mol. The van der Waals surface area contributed by atoms with Crippen LogP contribution in [-0.4, -0.2) is 36.9 Å². The highest BCUT2D eigenvalue weighted by atomic mass is 31.2. The summed E-state index contributed by atoms with van der Waals surface area (Å²) in [5.41, 5.74) is 0.808. The topological polar surface area (TPSA) is 131 Å². The van der Waals surface area contributed by atoms with E-state index in [-0.39, 0.29) is 29.2 Å². The van der Waals surface area contributed by atoms with E-state index in [1.54, 1.807) is 19.1 Å². The average molecular weight is 339 g/mol. The predicted octanol–water partition coefficient (Wildman–Crippen LogP) is 2.16. The lowest BCUT2D eigenvalue weighted by Crippen LogP contribution is -2.25. The molecule has 0 aliphatic heterocycles. The lowest BCUT2D eigenvalue weighted by Gasteiger charge is -2.25. The number of nitrogens with zero attached hydrogens (tertiary/aromatic N) is 1. The highest BCUT2D eigenvalue weighted by Gasteiger charge is 2.27. The van der Waals surface area contributed by atoms with Crippen LogP contribution < -0.4 is 0 Å². The zero-order valence-electron chi connectivity index (χ0n) is 12.4. The second kappa shape index (κ2) is 6.68. The summed E-state index contributed by atoms with van der Waals surface area (Å²) in [6, 6.07) is 6.34. The fourth-order valence-electron chi connectivity index (χ4n) is 2.39. The molecule has 0 spiro atoms. The third kappa shape index (κ3) is 4.53. The van der Waals surface area contributed by atoms with E-state index in [1.165, 1.54) is 24.3 Å². The Kier molecular flexibility index (Phi) is 5.06. The minimum absolute atomic E-state index is 0.00654. The van der Waals surface area contributed by atoms with Gasteiger partial charge in [0.15, 0.2) is 0 Å². The highest BCUT2D eigenvalue weighted by molar-refractivity contribution is 7.50. The summed E-state index contributed by atoms with van der Waals surface area (Å²) in [6.07, 6.45) is 1.44. The summed E-state index contributed by atoms with van der Waals surface area (Å²) in [6.45, 7) is 1.70. The molecule has 1 aliphatic carbocycles. The molecule has 0 fully saturated rings. The van der Waals surface area contributed by atoms with Gasteiger partial charge in [-0.15, -0.1) is 0 Å². The summed E-state index contributed by atoms with van der Waals surface area (Å²) in [5, 5.41) is 29.7. The number of rotatable bonds is 4. The first-order valence-electron chi connectivity index (χ1n) is 6.90. The van der Waals surface area contributed by atoms with Crippen molar-refractivity contribution in [2.75, 3.05) is 0 Å². The highest BCUT2D eigenvalue weighted by Crippen LogP contribution is 2.39. The van der Waals surface area contributed by atoms with Crippen LogP contribution in [0.25, 0.3) is 0 Å². The third-order valence-electron chi connectivity index (χ3n) is 3.58. The fourth-order valence-corrected chi connectivity index (χ4v) is 2.90. The molecular formula is C15H18NO6P. The van der Waals surface area contributed by atoms with Crippen LogP contribution in [0.2, 0.25) is 0 Å². The van der Waals surface area contributed by atoms with Crippen LogP contribution >= 0.6 is 7.75 Å². The Morgan fingerprint density at radius 2 is 1.96 bits per heavy atom. The van der Waals surface area contributed by atoms with Crippen molar-refractivity contribution in [3.05, 3.63) is 53.3 Å². The molecule has 5 N–H and O–H groups in total. The molecule has 0 aromatic heterocycles. The molecule has 0 radical (unpaired) electrons. The molecular weight excluding hydrogens is 321 g/mol.